The Morgan fingerprint density at radius 3 is 3.08 bits per heavy atom. The molecule has 1 nitrogen and oxygen atoms in total. The molecule has 0 saturated carbocycles. The van der Waals surface area contributed by atoms with Crippen LogP contribution >= 0.6 is 0 Å². The van der Waals surface area contributed by atoms with Crippen LogP contribution in [0.5, 0.6) is 0 Å². The summed E-state index contributed by atoms with van der Waals surface area (Å²) in [5, 5.41) is 1.13. The standard InChI is InChI=1S/C11H8N/c1-2-9-5-3-6-10-7-4-8-12-11(9)10/h2-7H,1H2. The van der Waals surface area contributed by atoms with Crippen molar-refractivity contribution in [3.8, 4) is 0 Å². The summed E-state index contributed by atoms with van der Waals surface area (Å²) in [5.74, 6) is 0. The van der Waals surface area contributed by atoms with Crippen molar-refractivity contribution >= 4 is 17.0 Å². The van der Waals surface area contributed by atoms with Crippen LogP contribution in [0.1, 0.15) is 5.56 Å². The minimum atomic E-state index is 0.968. The summed E-state index contributed by atoms with van der Waals surface area (Å²) in [4.78, 5) is 4.16. The molecule has 2 aromatic rings. The van der Waals surface area contributed by atoms with Gasteiger partial charge in [0.05, 0.1) is 11.7 Å². The Morgan fingerprint density at radius 1 is 1.33 bits per heavy atom. The van der Waals surface area contributed by atoms with E-state index in [1.54, 1.807) is 0 Å². The first-order valence-corrected chi connectivity index (χ1v) is 3.80. The maximum Gasteiger partial charge on any atom is 0.0894 e. The molecule has 1 aromatic heterocycles. The number of hydrogen-bond donors (Lipinski definition) is 0. The third-order valence-corrected chi connectivity index (χ3v) is 1.83. The van der Waals surface area contributed by atoms with Gasteiger partial charge in [0, 0.05) is 10.9 Å². The molecule has 0 saturated heterocycles. The fourth-order valence-corrected chi connectivity index (χ4v) is 1.24. The maximum atomic E-state index is 4.16. The van der Waals surface area contributed by atoms with Gasteiger partial charge in [-0.05, 0) is 6.07 Å². The average molecular weight is 154 g/mol. The largest absolute Gasteiger partial charge is 0.246 e. The summed E-state index contributed by atoms with van der Waals surface area (Å²) in [6, 6.07) is 9.84. The van der Waals surface area contributed by atoms with E-state index >= 15 is 0 Å². The highest BCUT2D eigenvalue weighted by Gasteiger charge is 1.95. The molecule has 0 unspecified atom stereocenters. The van der Waals surface area contributed by atoms with Crippen LogP contribution < -0.4 is 0 Å². The first kappa shape index (κ1) is 7.04. The van der Waals surface area contributed by atoms with Crippen molar-refractivity contribution in [3.05, 3.63) is 48.7 Å². The van der Waals surface area contributed by atoms with Crippen molar-refractivity contribution in [2.75, 3.05) is 0 Å². The number of benzene rings is 1. The number of para-hydroxylation sites is 1. The normalized spacial score (nSPS) is 10.0. The zero-order valence-corrected chi connectivity index (χ0v) is 6.62. The van der Waals surface area contributed by atoms with Crippen LogP contribution in [0.15, 0.2) is 36.9 Å². The molecule has 0 amide bonds. The summed E-state index contributed by atoms with van der Waals surface area (Å²) < 4.78 is 0. The first-order chi connectivity index (χ1) is 5.92. The second kappa shape index (κ2) is 2.78. The highest BCUT2D eigenvalue weighted by atomic mass is 14.6. The summed E-state index contributed by atoms with van der Waals surface area (Å²) in [6.45, 7) is 3.73. The molecule has 57 valence electrons. The van der Waals surface area contributed by atoms with Crippen molar-refractivity contribution in [3.63, 3.8) is 0 Å². The monoisotopic (exact) mass is 154 g/mol. The second-order valence-corrected chi connectivity index (χ2v) is 2.56. The SMILES string of the molecule is C=Cc1cccc2cc[c]nc12. The lowest BCUT2D eigenvalue weighted by Gasteiger charge is -1.98. The van der Waals surface area contributed by atoms with Crippen LogP contribution in [0.25, 0.3) is 17.0 Å². The minimum absolute atomic E-state index is 0.968. The van der Waals surface area contributed by atoms with Gasteiger partial charge in [0.2, 0.25) is 0 Å². The van der Waals surface area contributed by atoms with Gasteiger partial charge < -0.3 is 0 Å². The van der Waals surface area contributed by atoms with Crippen LogP contribution in [0.3, 0.4) is 0 Å². The quantitative estimate of drug-likeness (QED) is 0.615. The van der Waals surface area contributed by atoms with Crippen molar-refractivity contribution in [2.45, 2.75) is 0 Å². The van der Waals surface area contributed by atoms with Crippen LogP contribution in [-0.4, -0.2) is 4.98 Å². The van der Waals surface area contributed by atoms with Crippen molar-refractivity contribution in [1.82, 2.24) is 4.98 Å². The molecule has 1 heterocycles. The van der Waals surface area contributed by atoms with Gasteiger partial charge in [-0.25, -0.2) is 4.98 Å². The molecule has 1 aromatic carbocycles. The fourth-order valence-electron chi connectivity index (χ4n) is 1.24. The Balaban J connectivity index is 2.88. The number of hydrogen-bond acceptors (Lipinski definition) is 1. The molecule has 0 fully saturated rings. The van der Waals surface area contributed by atoms with Crippen molar-refractivity contribution in [1.29, 1.82) is 0 Å². The van der Waals surface area contributed by atoms with Gasteiger partial charge in [-0.2, -0.15) is 0 Å². The van der Waals surface area contributed by atoms with Gasteiger partial charge in [0.15, 0.2) is 0 Å². The lowest BCUT2D eigenvalue weighted by atomic mass is 10.1. The van der Waals surface area contributed by atoms with Gasteiger partial charge in [-0.3, -0.25) is 0 Å². The molecule has 0 atom stereocenters. The van der Waals surface area contributed by atoms with Gasteiger partial charge in [0.1, 0.15) is 0 Å². The van der Waals surface area contributed by atoms with Crippen molar-refractivity contribution < 1.29 is 0 Å². The minimum Gasteiger partial charge on any atom is -0.246 e. The average Bonchev–Trinajstić information content (AvgIpc) is 2.17. The summed E-state index contributed by atoms with van der Waals surface area (Å²) in [7, 11) is 0. The predicted molar refractivity (Wildman–Crippen MR) is 50.7 cm³/mol. The molecule has 1 heteroatoms. The highest BCUT2D eigenvalue weighted by molar-refractivity contribution is 5.86. The molecule has 1 radical (unpaired) electrons. The Labute approximate surface area is 71.4 Å². The van der Waals surface area contributed by atoms with Crippen LogP contribution in [0, 0.1) is 6.20 Å². The van der Waals surface area contributed by atoms with E-state index in [9.17, 15) is 0 Å². The van der Waals surface area contributed by atoms with Gasteiger partial charge in [-0.1, -0.05) is 36.9 Å². The lowest BCUT2D eigenvalue weighted by Crippen LogP contribution is -1.81. The van der Waals surface area contributed by atoms with E-state index in [0.29, 0.717) is 0 Å². The van der Waals surface area contributed by atoms with E-state index in [1.807, 2.05) is 36.4 Å². The van der Waals surface area contributed by atoms with E-state index in [2.05, 4.69) is 17.8 Å². The highest BCUT2D eigenvalue weighted by Crippen LogP contribution is 2.15. The summed E-state index contributed by atoms with van der Waals surface area (Å²) >= 11 is 0. The molecular formula is C11H8N. The zero-order valence-electron chi connectivity index (χ0n) is 6.62. The molecule has 0 aliphatic heterocycles. The Kier molecular flexibility index (Phi) is 1.63. The molecule has 12 heavy (non-hydrogen) atoms. The van der Waals surface area contributed by atoms with E-state index < -0.39 is 0 Å². The Bertz CT molecular complexity index is 413. The second-order valence-electron chi connectivity index (χ2n) is 2.56. The number of aromatic nitrogens is 1. The van der Waals surface area contributed by atoms with Gasteiger partial charge in [0.25, 0.3) is 0 Å². The molecule has 0 aliphatic carbocycles. The fraction of sp³-hybridized carbons (Fsp3) is 0. The first-order valence-electron chi connectivity index (χ1n) is 3.80. The van der Waals surface area contributed by atoms with E-state index in [0.717, 1.165) is 16.5 Å². The van der Waals surface area contributed by atoms with E-state index in [4.69, 9.17) is 0 Å². The molecule has 2 rings (SSSR count). The molecular weight excluding hydrogens is 146 g/mol. The van der Waals surface area contributed by atoms with Crippen LogP contribution in [0.2, 0.25) is 0 Å². The molecule has 0 spiro atoms. The molecule has 0 aliphatic rings. The predicted octanol–water partition coefficient (Wildman–Crippen LogP) is 2.68. The topological polar surface area (TPSA) is 12.9 Å². The number of rotatable bonds is 1. The summed E-state index contributed by atoms with van der Waals surface area (Å²) in [6.07, 6.45) is 4.62. The third kappa shape index (κ3) is 0.996. The van der Waals surface area contributed by atoms with E-state index in [1.165, 1.54) is 0 Å². The maximum absolute atomic E-state index is 4.16. The van der Waals surface area contributed by atoms with Gasteiger partial charge in [-0.15, -0.1) is 0 Å². The zero-order chi connectivity index (χ0) is 8.39. The van der Waals surface area contributed by atoms with E-state index in [-0.39, 0.29) is 0 Å². The third-order valence-electron chi connectivity index (χ3n) is 1.83. The number of pyridine rings is 1. The number of nitrogens with zero attached hydrogens (tertiary/aromatic N) is 1. The van der Waals surface area contributed by atoms with Crippen molar-refractivity contribution in [2.24, 2.45) is 0 Å². The lowest BCUT2D eigenvalue weighted by molar-refractivity contribution is 1.39. The smallest absolute Gasteiger partial charge is 0.0894 e. The molecule has 0 N–H and O–H groups in total. The Hall–Kier alpha value is -1.63. The van der Waals surface area contributed by atoms with Gasteiger partial charge >= 0.3 is 0 Å². The van der Waals surface area contributed by atoms with Crippen LogP contribution in [0.4, 0.5) is 0 Å². The summed E-state index contributed by atoms with van der Waals surface area (Å²) in [5.41, 5.74) is 2.03. The number of fused-ring (bicyclic) bond motifs is 1. The molecule has 0 bridgehead atoms. The van der Waals surface area contributed by atoms with Crippen LogP contribution in [-0.2, 0) is 0 Å². The Morgan fingerprint density at radius 2 is 2.25 bits per heavy atom.